The van der Waals surface area contributed by atoms with Gasteiger partial charge in [0.25, 0.3) is 0 Å². The highest BCUT2D eigenvalue weighted by atomic mass is 16.3. The van der Waals surface area contributed by atoms with E-state index in [1.807, 2.05) is 19.2 Å². The van der Waals surface area contributed by atoms with E-state index < -0.39 is 6.61 Å². The van der Waals surface area contributed by atoms with E-state index >= 15 is 0 Å². The number of anilines is 1. The van der Waals surface area contributed by atoms with Crippen LogP contribution in [0.1, 0.15) is 25.3 Å². The third-order valence-corrected chi connectivity index (χ3v) is 5.90. The quantitative estimate of drug-likeness (QED) is 0.549. The largest absolute Gasteiger partial charge is 0.387 e. The molecule has 1 atom stereocenters. The Morgan fingerprint density at radius 1 is 1.39 bits per heavy atom. The molecule has 1 amide bonds. The molecule has 1 aliphatic heterocycles. The molecule has 0 aliphatic carbocycles. The van der Waals surface area contributed by atoms with E-state index in [4.69, 9.17) is 11.7 Å². The first-order valence-electron chi connectivity index (χ1n) is 10.3. The molecule has 0 bridgehead atoms. The van der Waals surface area contributed by atoms with Gasteiger partial charge in [0.15, 0.2) is 0 Å². The van der Waals surface area contributed by atoms with E-state index in [0.717, 1.165) is 35.0 Å². The molecule has 9 nitrogen and oxygen atoms in total. The molecule has 0 aromatic carbocycles. The van der Waals surface area contributed by atoms with E-state index in [2.05, 4.69) is 37.0 Å². The summed E-state index contributed by atoms with van der Waals surface area (Å²) in [6, 6.07) is 2.13. The van der Waals surface area contributed by atoms with Crippen LogP contribution in [0.25, 0.3) is 27.1 Å². The van der Waals surface area contributed by atoms with E-state index in [0.29, 0.717) is 36.3 Å². The van der Waals surface area contributed by atoms with Gasteiger partial charge in [-0.15, -0.1) is 0 Å². The molecule has 31 heavy (non-hydrogen) atoms. The fourth-order valence-corrected chi connectivity index (χ4v) is 4.10. The van der Waals surface area contributed by atoms with Crippen LogP contribution in [-0.4, -0.2) is 61.6 Å². The number of piperidine rings is 1. The summed E-state index contributed by atoms with van der Waals surface area (Å²) < 4.78 is 0. The molecule has 3 aromatic heterocycles. The molecular formula is C22H25N7O2. The number of aromatic nitrogens is 4. The lowest BCUT2D eigenvalue weighted by Gasteiger charge is -2.34. The molecule has 0 saturated carbocycles. The maximum atomic E-state index is 11.7. The smallest absolute Gasteiger partial charge is 0.248 e. The van der Waals surface area contributed by atoms with E-state index in [-0.39, 0.29) is 11.9 Å². The Kier molecular flexibility index (Phi) is 5.82. The van der Waals surface area contributed by atoms with Crippen molar-refractivity contribution in [2.24, 2.45) is 5.92 Å². The van der Waals surface area contributed by atoms with Crippen LogP contribution in [0.15, 0.2) is 24.7 Å². The maximum absolute atomic E-state index is 11.7. The van der Waals surface area contributed by atoms with Crippen molar-refractivity contribution in [2.75, 3.05) is 25.0 Å². The molecule has 0 spiro atoms. The van der Waals surface area contributed by atoms with E-state index in [1.165, 1.54) is 0 Å². The predicted molar refractivity (Wildman–Crippen MR) is 118 cm³/mol. The molecule has 1 saturated heterocycles. The number of aromatic amines is 1. The van der Waals surface area contributed by atoms with Crippen molar-refractivity contribution in [1.29, 1.82) is 0 Å². The highest BCUT2D eigenvalue weighted by Crippen LogP contribution is 2.34. The topological polar surface area (TPSA) is 111 Å². The number of H-pyrrole nitrogens is 1. The fraction of sp³-hybridized carbons (Fsp3) is 0.409. The zero-order valence-corrected chi connectivity index (χ0v) is 17.6. The Labute approximate surface area is 180 Å². The summed E-state index contributed by atoms with van der Waals surface area (Å²) in [4.78, 5) is 33.6. The summed E-state index contributed by atoms with van der Waals surface area (Å²) in [5.41, 5.74) is 3.57. The fourth-order valence-electron chi connectivity index (χ4n) is 4.10. The van der Waals surface area contributed by atoms with Crippen molar-refractivity contribution in [2.45, 2.75) is 32.7 Å². The molecule has 9 heteroatoms. The Morgan fingerprint density at radius 2 is 2.16 bits per heavy atom. The van der Waals surface area contributed by atoms with Gasteiger partial charge in [-0.1, -0.05) is 0 Å². The number of rotatable bonds is 5. The van der Waals surface area contributed by atoms with Gasteiger partial charge in [0.1, 0.15) is 12.3 Å². The Hall–Kier alpha value is -3.51. The zero-order chi connectivity index (χ0) is 22.0. The van der Waals surface area contributed by atoms with Gasteiger partial charge in [0.2, 0.25) is 17.5 Å². The Bertz CT molecular complexity index is 1140. The van der Waals surface area contributed by atoms with Crippen LogP contribution in [0.4, 0.5) is 11.6 Å². The van der Waals surface area contributed by atoms with Crippen molar-refractivity contribution in [3.8, 4) is 11.3 Å². The van der Waals surface area contributed by atoms with E-state index in [9.17, 15) is 4.79 Å². The number of nitrogens with one attached hydrogen (secondary N) is 2. The maximum Gasteiger partial charge on any atom is 0.248 e. The third-order valence-electron chi connectivity index (χ3n) is 5.90. The average molecular weight is 419 g/mol. The molecule has 1 aliphatic rings. The molecule has 3 aromatic rings. The number of pyridine rings is 1. The van der Waals surface area contributed by atoms with Gasteiger partial charge in [-0.05, 0) is 44.2 Å². The number of hydrogen-bond acceptors (Lipinski definition) is 6. The number of carbonyl (C=O) groups is 1. The standard InChI is InChI=1S/C22H25N7O2/c1-13-8-16-17(10-25-21(16)24-9-13)20-18(23-3)11-26-22(28-20)27-14(2)15-4-6-29(7-5-15)19(31)12-30/h8-11,14-15,30H,4-7,12H2,1-2H3,(H,24,25)(H,26,27,28). The van der Waals surface area contributed by atoms with Gasteiger partial charge in [0.05, 0.1) is 12.3 Å². The first-order chi connectivity index (χ1) is 15.0. The molecule has 1 unspecified atom stereocenters. The number of aliphatic hydroxyl groups is 1. The minimum absolute atomic E-state index is 0.102. The van der Waals surface area contributed by atoms with Gasteiger partial charge < -0.3 is 20.3 Å². The van der Waals surface area contributed by atoms with Gasteiger partial charge >= 0.3 is 0 Å². The van der Waals surface area contributed by atoms with Crippen LogP contribution in [0.2, 0.25) is 0 Å². The second kappa shape index (κ2) is 8.70. The molecule has 1 fully saturated rings. The van der Waals surface area contributed by atoms with Crippen LogP contribution >= 0.6 is 0 Å². The zero-order valence-electron chi connectivity index (χ0n) is 17.6. The number of fused-ring (bicyclic) bond motifs is 1. The average Bonchev–Trinajstić information content (AvgIpc) is 3.21. The summed E-state index contributed by atoms with van der Waals surface area (Å²) in [7, 11) is 0. The summed E-state index contributed by atoms with van der Waals surface area (Å²) >= 11 is 0. The number of carbonyl (C=O) groups excluding carboxylic acids is 1. The first-order valence-corrected chi connectivity index (χ1v) is 10.3. The molecule has 0 radical (unpaired) electrons. The third kappa shape index (κ3) is 4.20. The first kappa shape index (κ1) is 20.8. The SMILES string of the molecule is [C-]#[N+]c1cnc(NC(C)C2CCN(C(=O)CO)CC2)nc1-c1c[nH]c2ncc(C)cc12. The van der Waals surface area contributed by atoms with Crippen LogP contribution in [0, 0.1) is 19.4 Å². The Morgan fingerprint density at radius 3 is 2.87 bits per heavy atom. The normalized spacial score (nSPS) is 15.6. The summed E-state index contributed by atoms with van der Waals surface area (Å²) in [5, 5.41) is 13.3. The summed E-state index contributed by atoms with van der Waals surface area (Å²) in [6.45, 7) is 12.4. The number of likely N-dealkylation sites (tertiary alicyclic amines) is 1. The second-order valence-electron chi connectivity index (χ2n) is 7.96. The van der Waals surface area contributed by atoms with Gasteiger partial charge in [0, 0.05) is 48.7 Å². The van der Waals surface area contributed by atoms with Gasteiger partial charge in [-0.2, -0.15) is 0 Å². The minimum atomic E-state index is -0.439. The lowest BCUT2D eigenvalue weighted by Crippen LogP contribution is -2.43. The second-order valence-corrected chi connectivity index (χ2v) is 7.96. The lowest BCUT2D eigenvalue weighted by atomic mass is 9.90. The number of amides is 1. The van der Waals surface area contributed by atoms with Crippen LogP contribution in [-0.2, 0) is 4.79 Å². The van der Waals surface area contributed by atoms with Crippen molar-refractivity contribution in [3.63, 3.8) is 0 Å². The molecule has 160 valence electrons. The number of nitrogens with zero attached hydrogens (tertiary/aromatic N) is 5. The molecule has 4 rings (SSSR count). The highest BCUT2D eigenvalue weighted by Gasteiger charge is 2.26. The van der Waals surface area contributed by atoms with Crippen LogP contribution < -0.4 is 5.32 Å². The predicted octanol–water partition coefficient (Wildman–Crippen LogP) is 2.91. The van der Waals surface area contributed by atoms with Gasteiger partial charge in [-0.3, -0.25) is 4.79 Å². The Balaban J connectivity index is 1.55. The lowest BCUT2D eigenvalue weighted by molar-refractivity contribution is -0.135. The number of hydrogen-bond donors (Lipinski definition) is 3. The minimum Gasteiger partial charge on any atom is -0.387 e. The van der Waals surface area contributed by atoms with Crippen molar-refractivity contribution < 1.29 is 9.90 Å². The van der Waals surface area contributed by atoms with Crippen molar-refractivity contribution in [3.05, 3.63) is 41.6 Å². The number of aryl methyl sites for hydroxylation is 1. The molecule has 3 N–H and O–H groups in total. The van der Waals surface area contributed by atoms with Crippen molar-refractivity contribution in [1.82, 2.24) is 24.8 Å². The monoisotopic (exact) mass is 419 g/mol. The highest BCUT2D eigenvalue weighted by molar-refractivity contribution is 5.96. The van der Waals surface area contributed by atoms with E-state index in [1.54, 1.807) is 17.3 Å². The van der Waals surface area contributed by atoms with Crippen LogP contribution in [0.3, 0.4) is 0 Å². The van der Waals surface area contributed by atoms with Crippen molar-refractivity contribution >= 4 is 28.6 Å². The van der Waals surface area contributed by atoms with Gasteiger partial charge in [-0.25, -0.2) is 19.8 Å². The summed E-state index contributed by atoms with van der Waals surface area (Å²) in [5.74, 6) is 0.610. The molecular weight excluding hydrogens is 394 g/mol. The summed E-state index contributed by atoms with van der Waals surface area (Å²) in [6.07, 6.45) is 6.87. The molecule has 4 heterocycles. The van der Waals surface area contributed by atoms with Crippen LogP contribution in [0.5, 0.6) is 0 Å². The number of aliphatic hydroxyl groups excluding tert-OH is 1.